The highest BCUT2D eigenvalue weighted by atomic mass is 16.7. The van der Waals surface area contributed by atoms with Gasteiger partial charge in [0.15, 0.2) is 18.4 Å². The van der Waals surface area contributed by atoms with Crippen LogP contribution in [-0.2, 0) is 55.8 Å². The predicted octanol–water partition coefficient (Wildman–Crippen LogP) is 6.18. The molecule has 6 aliphatic heterocycles. The fourth-order valence-corrected chi connectivity index (χ4v) is 12.7. The molecule has 10 rings (SSSR count). The number of ketones is 1. The fourth-order valence-electron chi connectivity index (χ4n) is 12.7. The highest BCUT2D eigenvalue weighted by Gasteiger charge is 2.44. The lowest BCUT2D eigenvalue weighted by Gasteiger charge is -2.35. The van der Waals surface area contributed by atoms with E-state index in [1.54, 1.807) is 36.1 Å². The Balaban J connectivity index is 0.805. The van der Waals surface area contributed by atoms with Crippen molar-refractivity contribution in [1.82, 2.24) is 15.1 Å². The molecule has 0 aliphatic carbocycles. The van der Waals surface area contributed by atoms with E-state index in [0.29, 0.717) is 110 Å². The number of hydrogen-bond donors (Lipinski definition) is 9. The summed E-state index contributed by atoms with van der Waals surface area (Å²) in [6, 6.07) is 15.0. The van der Waals surface area contributed by atoms with Crippen LogP contribution in [-0.4, -0.2) is 230 Å². The molecule has 0 spiro atoms. The number of nitrogens with one attached hydrogen (secondary N) is 3. The van der Waals surface area contributed by atoms with Crippen molar-refractivity contribution in [1.29, 1.82) is 0 Å². The molecule has 560 valence electrons. The normalized spacial score (nSPS) is 23.9. The van der Waals surface area contributed by atoms with Gasteiger partial charge in [-0.05, 0) is 110 Å². The van der Waals surface area contributed by atoms with Gasteiger partial charge in [0.1, 0.15) is 72.8 Å². The molecule has 103 heavy (non-hydrogen) atoms. The summed E-state index contributed by atoms with van der Waals surface area (Å²) in [6.45, 7) is 24.1. The molecule has 6 aliphatic rings. The summed E-state index contributed by atoms with van der Waals surface area (Å²) in [4.78, 5) is 73.6. The maximum absolute atomic E-state index is 14.7. The first-order valence-corrected chi connectivity index (χ1v) is 34.4. The Labute approximate surface area is 597 Å². The molecule has 6 saturated heterocycles. The average Bonchev–Trinajstić information content (AvgIpc) is 1.73. The number of aliphatic hydroxyl groups is 6. The predicted molar refractivity (Wildman–Crippen MR) is 370 cm³/mol. The van der Waals surface area contributed by atoms with E-state index < -0.39 is 97.2 Å². The molecule has 29 heteroatoms. The van der Waals surface area contributed by atoms with Crippen LogP contribution in [0.2, 0.25) is 0 Å². The third kappa shape index (κ3) is 19.8. The van der Waals surface area contributed by atoms with Gasteiger partial charge in [-0.1, -0.05) is 63.8 Å². The minimum Gasteiger partial charge on any atom is -0.493 e. The van der Waals surface area contributed by atoms with E-state index in [-0.39, 0.29) is 111 Å². The molecular weight excluding hydrogens is 1340 g/mol. The second kappa shape index (κ2) is 35.0. The number of rotatable bonds is 29. The summed E-state index contributed by atoms with van der Waals surface area (Å²) >= 11 is 0. The highest BCUT2D eigenvalue weighted by Crippen LogP contribution is 2.40. The van der Waals surface area contributed by atoms with Crippen molar-refractivity contribution in [3.63, 3.8) is 0 Å². The first-order valence-electron chi connectivity index (χ1n) is 34.4. The molecule has 9 N–H and O–H groups in total. The van der Waals surface area contributed by atoms with Crippen LogP contribution in [0.1, 0.15) is 118 Å². The van der Waals surface area contributed by atoms with Crippen LogP contribution in [0.5, 0.6) is 23.0 Å². The minimum absolute atomic E-state index is 0.0280. The quantitative estimate of drug-likeness (QED) is 0.0166. The molecule has 4 amide bonds. The number of anilines is 2. The Kier molecular flexibility index (Phi) is 26.3. The number of ether oxygens (including phenoxy) is 13. The third-order valence-electron chi connectivity index (χ3n) is 18.1. The smallest absolute Gasteiger partial charge is 0.411 e. The number of nitrogens with zero attached hydrogens (tertiary/aromatic N) is 2. The van der Waals surface area contributed by atoms with Crippen LogP contribution in [0, 0.1) is 19.3 Å². The zero-order valence-electron chi connectivity index (χ0n) is 58.9. The van der Waals surface area contributed by atoms with Crippen molar-refractivity contribution in [2.75, 3.05) is 96.8 Å². The number of aryl methyl sites for hydroxylation is 2. The Morgan fingerprint density at radius 3 is 1.53 bits per heavy atom. The SMILES string of the molecule is C=C1C[C@@H](C2OCCO2)N(C(=C)c2cc(C)c(OCCCCCOc3cc(NC(=O)OCc4ccc(O[C@@H]5OC[C@@H](O)[C@H](O)[C@H]5O)c(C(=O)NCCOC)c4)c(C(=O)N4CC(=C)C[C@H]4C4OCCO4)cc3C)cc2NC(=O)OCc2ccc(O[C@@H]3OC[C@@H](O)[C@H](O)[C@H]3O)c(C(=O)CC(C)(C)C)c2)C1. The standard InChI is InChI=1S/C74H95N5O24/c1-40-25-53(68-94-21-22-95-68)78(34-40)44(5)47-27-42(3)60(31-51(47)76-72(89)100-36-45-13-15-58(49(29-45)55(80)33-74(6,7)8)102-70-64(85)62(83)56(81)38-98-70)92-18-11-10-12-19-93-61-32-52(48(28-43(61)4)67(88)79-35-41(2)26-54(79)69-96-23-24-97-69)77-73(90)101-37-46-14-16-59(50(30-46)66(87)75-17-20-91-9)103-71-65(86)63(84)57(82)39-99-71/h13-16,27-32,53-54,56-57,62-65,68-71,81-86H,1-2,5,10-12,17-26,33-39H2,3-4,6-9H3,(H,75,87)(H,76,89)(H,77,90)/t53-,54-,56+,57+,62-,63-,64+,65+,70-,71-/m0/s1. The van der Waals surface area contributed by atoms with E-state index in [1.165, 1.54) is 37.4 Å². The van der Waals surface area contributed by atoms with Gasteiger partial charge in [0.25, 0.3) is 11.8 Å². The average molecular weight is 1440 g/mol. The number of amides is 4. The van der Waals surface area contributed by atoms with Crippen LogP contribution < -0.4 is 34.9 Å². The topological polar surface area (TPSA) is 369 Å². The van der Waals surface area contributed by atoms with Gasteiger partial charge >= 0.3 is 12.2 Å². The molecule has 0 radical (unpaired) electrons. The maximum Gasteiger partial charge on any atom is 0.411 e. The largest absolute Gasteiger partial charge is 0.493 e. The molecule has 0 saturated carbocycles. The molecule has 0 aromatic heterocycles. The molecule has 0 unspecified atom stereocenters. The van der Waals surface area contributed by atoms with Crippen molar-refractivity contribution in [2.45, 2.75) is 160 Å². The number of benzene rings is 4. The van der Waals surface area contributed by atoms with Crippen LogP contribution in [0.3, 0.4) is 0 Å². The molecule has 4 aromatic carbocycles. The summed E-state index contributed by atoms with van der Waals surface area (Å²) in [5, 5.41) is 70.2. The number of aliphatic hydroxyl groups excluding tert-OH is 6. The van der Waals surface area contributed by atoms with Crippen molar-refractivity contribution in [2.24, 2.45) is 5.41 Å². The lowest BCUT2D eigenvalue weighted by Crippen LogP contribution is -2.54. The van der Waals surface area contributed by atoms with E-state index in [4.69, 9.17) is 61.6 Å². The highest BCUT2D eigenvalue weighted by molar-refractivity contribution is 6.04. The number of Topliss-reactive ketones (excluding diaryl/α,β-unsaturated/α-hetero) is 1. The van der Waals surface area contributed by atoms with Crippen molar-refractivity contribution >= 4 is 46.9 Å². The van der Waals surface area contributed by atoms with E-state index in [9.17, 15) is 54.6 Å². The summed E-state index contributed by atoms with van der Waals surface area (Å²) in [7, 11) is 1.47. The van der Waals surface area contributed by atoms with E-state index >= 15 is 0 Å². The molecule has 6 heterocycles. The van der Waals surface area contributed by atoms with Gasteiger partial charge in [-0.3, -0.25) is 25.0 Å². The van der Waals surface area contributed by atoms with E-state index in [1.807, 2.05) is 33.8 Å². The molecule has 4 aromatic rings. The Bertz CT molecular complexity index is 3720. The number of carbonyl (C=O) groups excluding carboxylic acids is 5. The summed E-state index contributed by atoms with van der Waals surface area (Å²) < 4.78 is 75.7. The van der Waals surface area contributed by atoms with Gasteiger partial charge < -0.3 is 107 Å². The lowest BCUT2D eigenvalue weighted by atomic mass is 9.87. The minimum atomic E-state index is -1.65. The molecule has 6 fully saturated rings. The van der Waals surface area contributed by atoms with Crippen molar-refractivity contribution in [3.05, 3.63) is 136 Å². The van der Waals surface area contributed by atoms with Crippen LogP contribution in [0.15, 0.2) is 91.5 Å². The second-order valence-electron chi connectivity index (χ2n) is 27.6. The summed E-state index contributed by atoms with van der Waals surface area (Å²) in [6.07, 6.45) is -11.9. The first kappa shape index (κ1) is 77.3. The molecule has 10 atom stereocenters. The zero-order valence-corrected chi connectivity index (χ0v) is 58.9. The Morgan fingerprint density at radius 1 is 0.563 bits per heavy atom. The number of carbonyl (C=O) groups is 5. The monoisotopic (exact) mass is 1440 g/mol. The number of methoxy groups -OCH3 is 1. The second-order valence-corrected chi connectivity index (χ2v) is 27.6. The van der Waals surface area contributed by atoms with Gasteiger partial charge in [-0.2, -0.15) is 0 Å². The third-order valence-corrected chi connectivity index (χ3v) is 18.1. The molecular formula is C74H95N5O24. The van der Waals surface area contributed by atoms with Gasteiger partial charge in [0.2, 0.25) is 12.6 Å². The zero-order chi connectivity index (χ0) is 73.8. The fraction of sp³-hybridized carbons (Fsp3) is 0.527. The van der Waals surface area contributed by atoms with E-state index in [2.05, 4.69) is 40.6 Å². The summed E-state index contributed by atoms with van der Waals surface area (Å²) in [5.41, 5.74) is 5.23. The first-order chi connectivity index (χ1) is 49.2. The van der Waals surface area contributed by atoms with Gasteiger partial charge in [0.05, 0.1) is 99.6 Å². The lowest BCUT2D eigenvalue weighted by molar-refractivity contribution is -0.242. The molecule has 29 nitrogen and oxygen atoms in total. The number of hydrogen-bond acceptors (Lipinski definition) is 25. The number of likely N-dealkylation sites (tertiary alicyclic amines) is 2. The summed E-state index contributed by atoms with van der Waals surface area (Å²) in [5.74, 6) is -0.450. The van der Waals surface area contributed by atoms with Crippen LogP contribution >= 0.6 is 0 Å². The van der Waals surface area contributed by atoms with Crippen molar-refractivity contribution in [3.8, 4) is 23.0 Å². The van der Waals surface area contributed by atoms with Crippen LogP contribution in [0.4, 0.5) is 21.0 Å². The van der Waals surface area contributed by atoms with Gasteiger partial charge in [0, 0.05) is 56.6 Å². The van der Waals surface area contributed by atoms with E-state index in [0.717, 1.165) is 16.7 Å². The van der Waals surface area contributed by atoms with Crippen LogP contribution in [0.25, 0.3) is 5.70 Å². The Hall–Kier alpha value is -8.27. The number of unbranched alkanes of at least 4 members (excludes halogenated alkanes) is 2. The maximum atomic E-state index is 14.7. The Morgan fingerprint density at radius 2 is 1.03 bits per heavy atom. The van der Waals surface area contributed by atoms with Gasteiger partial charge in [-0.25, -0.2) is 9.59 Å². The molecule has 0 bridgehead atoms. The van der Waals surface area contributed by atoms with Gasteiger partial charge in [-0.15, -0.1) is 0 Å². The van der Waals surface area contributed by atoms with Crippen molar-refractivity contribution < 1.29 is 116 Å².